The molecule has 0 aliphatic heterocycles. The van der Waals surface area contributed by atoms with E-state index in [1.54, 1.807) is 12.1 Å². The summed E-state index contributed by atoms with van der Waals surface area (Å²) in [7, 11) is -4.23. The highest BCUT2D eigenvalue weighted by atomic mass is 35.5. The van der Waals surface area contributed by atoms with Crippen LogP contribution in [-0.4, -0.2) is 30.8 Å². The van der Waals surface area contributed by atoms with Crippen molar-refractivity contribution in [3.8, 4) is 5.75 Å². The van der Waals surface area contributed by atoms with Gasteiger partial charge in [-0.3, -0.25) is 0 Å². The summed E-state index contributed by atoms with van der Waals surface area (Å²) in [6.45, 7) is 6.12. The van der Waals surface area contributed by atoms with Gasteiger partial charge in [0.05, 0.1) is 15.5 Å². The number of carboxylic acid groups (broad SMARTS) is 1. The molecule has 0 radical (unpaired) electrons. The lowest BCUT2D eigenvalue weighted by molar-refractivity contribution is -0.00989. The van der Waals surface area contributed by atoms with E-state index in [0.717, 1.165) is 30.0 Å². The van der Waals surface area contributed by atoms with E-state index in [-0.39, 0.29) is 33.6 Å². The highest BCUT2D eigenvalue weighted by Crippen LogP contribution is 2.67. The molecule has 5 rings (SSSR count). The summed E-state index contributed by atoms with van der Waals surface area (Å²) in [4.78, 5) is 11.4. The number of benzene rings is 2. The number of carboxylic acids is 1. The minimum atomic E-state index is -4.23. The Labute approximate surface area is 215 Å². The number of sulfonamides is 1. The average molecular weight is 534 g/mol. The third kappa shape index (κ3) is 3.52. The summed E-state index contributed by atoms with van der Waals surface area (Å²) in [5.41, 5.74) is 0.913. The van der Waals surface area contributed by atoms with Gasteiger partial charge in [-0.15, -0.1) is 6.58 Å². The first-order valence-corrected chi connectivity index (χ1v) is 14.0. The number of carbonyl (C=O) groups is 1. The molecule has 2 unspecified atom stereocenters. The van der Waals surface area contributed by atoms with Gasteiger partial charge in [0, 0.05) is 16.7 Å². The Hall–Kier alpha value is -2.42. The molecule has 0 spiro atoms. The predicted octanol–water partition coefficient (Wildman–Crippen LogP) is 5.32. The van der Waals surface area contributed by atoms with E-state index in [0.29, 0.717) is 19.3 Å². The maximum Gasteiger partial charge on any atom is 0.337 e. The average Bonchev–Trinajstić information content (AvgIpc) is 3.08. The first-order valence-electron chi connectivity index (χ1n) is 12.0. The van der Waals surface area contributed by atoms with Gasteiger partial charge in [0.25, 0.3) is 0 Å². The van der Waals surface area contributed by atoms with Crippen LogP contribution in [0.1, 0.15) is 65.6 Å². The number of aromatic carboxylic acids is 1. The number of primary sulfonamides is 1. The second-order valence-electron chi connectivity index (χ2n) is 10.8. The minimum absolute atomic E-state index is 0.0614. The van der Waals surface area contributed by atoms with E-state index in [1.807, 2.05) is 19.1 Å². The molecule has 0 aromatic heterocycles. The number of phenolic OH excluding ortho intramolecular Hbond substituents is 1. The maximum absolute atomic E-state index is 16.4. The highest BCUT2D eigenvalue weighted by molar-refractivity contribution is 7.89. The molecule has 2 aromatic rings. The normalized spacial score (nSPS) is 33.3. The summed E-state index contributed by atoms with van der Waals surface area (Å²) in [6.07, 6.45) is 3.86. The van der Waals surface area contributed by atoms with Crippen molar-refractivity contribution in [3.05, 3.63) is 70.3 Å². The Bertz CT molecular complexity index is 1390. The van der Waals surface area contributed by atoms with E-state index in [1.165, 1.54) is 6.07 Å². The highest BCUT2D eigenvalue weighted by Gasteiger charge is 2.62. The topological polar surface area (TPSA) is 118 Å². The van der Waals surface area contributed by atoms with E-state index < -0.39 is 44.0 Å². The molecule has 0 heterocycles. The zero-order chi connectivity index (χ0) is 26.2. The molecule has 3 aliphatic carbocycles. The van der Waals surface area contributed by atoms with Crippen LogP contribution in [0.3, 0.4) is 0 Å². The van der Waals surface area contributed by atoms with Crippen LogP contribution in [0.25, 0.3) is 0 Å². The molecular weight excluding hydrogens is 505 g/mol. The standard InChI is InChI=1S/C27H29ClFNO5S/c1-3-27-9-8-26(2)22(21(27)6-4-14-10-15(31)5-7-20(14)27)13-18(24(26)29)17-11-16(36(30,34)35)12-19(23(17)28)25(32)33/h3,5,7,10-12,18,21-22,24,31H,1,4,6,8-9,13H2,2H3,(H,32,33)(H2,30,34,35)/t18-,21?,22?,24-,26-,27+/m0/s1. The zero-order valence-electron chi connectivity index (χ0n) is 19.9. The molecular formula is C27H29ClFNO5S. The van der Waals surface area contributed by atoms with Gasteiger partial charge in [0.15, 0.2) is 0 Å². The quantitative estimate of drug-likeness (QED) is 0.460. The molecule has 9 heteroatoms. The number of halogens is 2. The van der Waals surface area contributed by atoms with Crippen LogP contribution in [0, 0.1) is 17.3 Å². The van der Waals surface area contributed by atoms with Gasteiger partial charge in [-0.05, 0) is 84.9 Å². The van der Waals surface area contributed by atoms with Crippen LogP contribution in [0.4, 0.5) is 4.39 Å². The van der Waals surface area contributed by atoms with Crippen molar-refractivity contribution in [1.29, 1.82) is 0 Å². The van der Waals surface area contributed by atoms with Gasteiger partial charge in [-0.25, -0.2) is 22.7 Å². The van der Waals surface area contributed by atoms with E-state index in [2.05, 4.69) is 6.58 Å². The molecule has 3 aliphatic rings. The lowest BCUT2D eigenvalue weighted by Crippen LogP contribution is -2.51. The van der Waals surface area contributed by atoms with Crippen molar-refractivity contribution >= 4 is 27.6 Å². The molecule has 0 saturated heterocycles. The molecule has 36 heavy (non-hydrogen) atoms. The third-order valence-electron chi connectivity index (χ3n) is 9.27. The molecule has 6 nitrogen and oxygen atoms in total. The number of aryl methyl sites for hydroxylation is 1. The molecule has 2 saturated carbocycles. The smallest absolute Gasteiger partial charge is 0.337 e. The minimum Gasteiger partial charge on any atom is -0.508 e. The summed E-state index contributed by atoms with van der Waals surface area (Å²) < 4.78 is 40.6. The first-order chi connectivity index (χ1) is 16.8. The SMILES string of the molecule is C=C[C@]12CC[C@@]3(C)C(C[C@@H](c4cc(S(N)(=O)=O)cc(C(=O)O)c4Cl)[C@@H]3F)C1CCc1cc(O)ccc12. The second kappa shape index (κ2) is 8.30. The van der Waals surface area contributed by atoms with Crippen molar-refractivity contribution < 1.29 is 27.8 Å². The van der Waals surface area contributed by atoms with Crippen LogP contribution < -0.4 is 5.14 Å². The molecule has 6 atom stereocenters. The summed E-state index contributed by atoms with van der Waals surface area (Å²) in [6, 6.07) is 7.60. The van der Waals surface area contributed by atoms with Gasteiger partial charge in [0.2, 0.25) is 10.0 Å². The number of hydrogen-bond donors (Lipinski definition) is 3. The number of aromatic hydroxyl groups is 1. The van der Waals surface area contributed by atoms with Crippen molar-refractivity contribution in [2.45, 2.75) is 61.4 Å². The largest absolute Gasteiger partial charge is 0.508 e. The monoisotopic (exact) mass is 533 g/mol. The first kappa shape index (κ1) is 25.2. The van der Waals surface area contributed by atoms with Crippen LogP contribution >= 0.6 is 11.6 Å². The molecule has 2 fully saturated rings. The number of allylic oxidation sites excluding steroid dienone is 1. The van der Waals surface area contributed by atoms with E-state index in [4.69, 9.17) is 16.7 Å². The van der Waals surface area contributed by atoms with Crippen molar-refractivity contribution in [2.24, 2.45) is 22.4 Å². The fourth-order valence-corrected chi connectivity index (χ4v) is 8.40. The fourth-order valence-electron chi connectivity index (χ4n) is 7.50. The lowest BCUT2D eigenvalue weighted by Gasteiger charge is -2.55. The second-order valence-corrected chi connectivity index (χ2v) is 12.8. The zero-order valence-corrected chi connectivity index (χ0v) is 21.4. The maximum atomic E-state index is 16.4. The van der Waals surface area contributed by atoms with Crippen molar-refractivity contribution in [2.75, 3.05) is 0 Å². The Morgan fingerprint density at radius 2 is 1.97 bits per heavy atom. The Balaban J connectivity index is 1.62. The molecule has 2 aromatic carbocycles. The summed E-state index contributed by atoms with van der Waals surface area (Å²) in [5.74, 6) is -1.92. The summed E-state index contributed by atoms with van der Waals surface area (Å²) >= 11 is 6.46. The number of hydrogen-bond acceptors (Lipinski definition) is 4. The van der Waals surface area contributed by atoms with Crippen molar-refractivity contribution in [3.63, 3.8) is 0 Å². The van der Waals surface area contributed by atoms with E-state index in [9.17, 15) is 23.4 Å². The van der Waals surface area contributed by atoms with Crippen molar-refractivity contribution in [1.82, 2.24) is 0 Å². The Morgan fingerprint density at radius 3 is 2.61 bits per heavy atom. The molecule has 4 N–H and O–H groups in total. The molecule has 0 amide bonds. The number of fused-ring (bicyclic) bond motifs is 5. The Morgan fingerprint density at radius 1 is 1.25 bits per heavy atom. The fraction of sp³-hybridized carbons (Fsp3) is 0.444. The third-order valence-corrected chi connectivity index (χ3v) is 10.6. The van der Waals surface area contributed by atoms with Crippen LogP contribution in [0.5, 0.6) is 5.75 Å². The predicted molar refractivity (Wildman–Crippen MR) is 135 cm³/mol. The number of rotatable bonds is 4. The summed E-state index contributed by atoms with van der Waals surface area (Å²) in [5, 5.41) is 24.8. The van der Waals surface area contributed by atoms with Gasteiger partial charge in [-0.2, -0.15) is 0 Å². The van der Waals surface area contributed by atoms with Gasteiger partial charge in [0.1, 0.15) is 11.9 Å². The number of phenols is 1. The lowest BCUT2D eigenvalue weighted by atomic mass is 9.48. The Kier molecular flexibility index (Phi) is 5.82. The van der Waals surface area contributed by atoms with Gasteiger partial charge >= 0.3 is 5.97 Å². The molecule has 0 bridgehead atoms. The number of alkyl halides is 1. The van der Waals surface area contributed by atoms with Crippen LogP contribution in [0.2, 0.25) is 5.02 Å². The number of nitrogens with two attached hydrogens (primary N) is 1. The van der Waals surface area contributed by atoms with Gasteiger partial charge in [-0.1, -0.05) is 30.7 Å². The van der Waals surface area contributed by atoms with E-state index >= 15 is 4.39 Å². The molecule has 192 valence electrons. The van der Waals surface area contributed by atoms with Crippen LogP contribution in [0.15, 0.2) is 47.9 Å². The van der Waals surface area contributed by atoms with Gasteiger partial charge < -0.3 is 10.2 Å². The van der Waals surface area contributed by atoms with Crippen LogP contribution in [-0.2, 0) is 21.9 Å².